The van der Waals surface area contributed by atoms with Crippen LogP contribution in [0.25, 0.3) is 0 Å². The Morgan fingerprint density at radius 3 is 2.40 bits per heavy atom. The molecular formula is C26H27F3N4O2. The SMILES string of the molecule is Cc1cc(CN(C)c2cc(C(=O)NCc3c(F)cc(F)cc3F)ccc2C(C)N(C)C=O)ccn1. The predicted octanol–water partition coefficient (Wildman–Crippen LogP) is 4.52. The van der Waals surface area contributed by atoms with E-state index in [9.17, 15) is 22.8 Å². The van der Waals surface area contributed by atoms with Crippen LogP contribution in [0.2, 0.25) is 0 Å². The summed E-state index contributed by atoms with van der Waals surface area (Å²) >= 11 is 0. The molecule has 0 saturated heterocycles. The summed E-state index contributed by atoms with van der Waals surface area (Å²) in [5, 5.41) is 2.49. The third-order valence-electron chi connectivity index (χ3n) is 5.84. The summed E-state index contributed by atoms with van der Waals surface area (Å²) in [4.78, 5) is 31.9. The molecule has 2 amide bonds. The van der Waals surface area contributed by atoms with Gasteiger partial charge in [0.15, 0.2) is 0 Å². The van der Waals surface area contributed by atoms with Crippen molar-refractivity contribution >= 4 is 18.0 Å². The maximum Gasteiger partial charge on any atom is 0.251 e. The van der Waals surface area contributed by atoms with E-state index in [2.05, 4.69) is 10.3 Å². The molecule has 6 nitrogen and oxygen atoms in total. The zero-order chi connectivity index (χ0) is 25.7. The normalized spacial score (nSPS) is 11.6. The minimum Gasteiger partial charge on any atom is -0.370 e. The van der Waals surface area contributed by atoms with Gasteiger partial charge in [-0.2, -0.15) is 0 Å². The third kappa shape index (κ3) is 6.17. The Labute approximate surface area is 202 Å². The topological polar surface area (TPSA) is 65.5 Å². The molecule has 3 aromatic rings. The fourth-order valence-corrected chi connectivity index (χ4v) is 3.75. The fourth-order valence-electron chi connectivity index (χ4n) is 3.75. The molecular weight excluding hydrogens is 457 g/mol. The summed E-state index contributed by atoms with van der Waals surface area (Å²) < 4.78 is 41.0. The molecule has 1 unspecified atom stereocenters. The van der Waals surface area contributed by atoms with Gasteiger partial charge in [0.1, 0.15) is 17.5 Å². The quantitative estimate of drug-likeness (QED) is 0.454. The predicted molar refractivity (Wildman–Crippen MR) is 127 cm³/mol. The second kappa shape index (κ2) is 11.0. The molecule has 2 aromatic carbocycles. The number of halogens is 3. The first kappa shape index (κ1) is 25.7. The number of benzene rings is 2. The van der Waals surface area contributed by atoms with Gasteiger partial charge in [-0.05, 0) is 49.2 Å². The first-order valence-electron chi connectivity index (χ1n) is 11.0. The summed E-state index contributed by atoms with van der Waals surface area (Å²) in [5.41, 5.74) is 3.26. The number of hydrogen-bond donors (Lipinski definition) is 1. The van der Waals surface area contributed by atoms with Gasteiger partial charge < -0.3 is 15.1 Å². The Morgan fingerprint density at radius 2 is 1.77 bits per heavy atom. The number of nitrogens with zero attached hydrogens (tertiary/aromatic N) is 3. The summed E-state index contributed by atoms with van der Waals surface area (Å²) in [7, 11) is 3.53. The van der Waals surface area contributed by atoms with Gasteiger partial charge in [-0.15, -0.1) is 0 Å². The molecule has 35 heavy (non-hydrogen) atoms. The van der Waals surface area contributed by atoms with Crippen LogP contribution in [0.3, 0.4) is 0 Å². The lowest BCUT2D eigenvalue weighted by Gasteiger charge is -2.29. The molecule has 0 fully saturated rings. The molecule has 3 rings (SSSR count). The van der Waals surface area contributed by atoms with Crippen LogP contribution < -0.4 is 10.2 Å². The highest BCUT2D eigenvalue weighted by Crippen LogP contribution is 2.31. The minimum atomic E-state index is -1.07. The van der Waals surface area contributed by atoms with E-state index in [1.54, 1.807) is 31.4 Å². The van der Waals surface area contributed by atoms with E-state index in [0.29, 0.717) is 24.4 Å². The average molecular weight is 485 g/mol. The molecule has 0 aliphatic carbocycles. The van der Waals surface area contributed by atoms with Crippen LogP contribution in [0.5, 0.6) is 0 Å². The molecule has 184 valence electrons. The van der Waals surface area contributed by atoms with E-state index in [-0.39, 0.29) is 11.6 Å². The van der Waals surface area contributed by atoms with Crippen molar-refractivity contribution in [1.29, 1.82) is 0 Å². The average Bonchev–Trinajstić information content (AvgIpc) is 2.81. The molecule has 0 bridgehead atoms. The highest BCUT2D eigenvalue weighted by molar-refractivity contribution is 5.95. The number of carbonyl (C=O) groups is 2. The first-order chi connectivity index (χ1) is 16.6. The maximum absolute atomic E-state index is 13.9. The number of rotatable bonds is 9. The maximum atomic E-state index is 13.9. The fraction of sp³-hybridized carbons (Fsp3) is 0.269. The van der Waals surface area contributed by atoms with Crippen LogP contribution >= 0.6 is 0 Å². The lowest BCUT2D eigenvalue weighted by atomic mass is 10.0. The Kier molecular flexibility index (Phi) is 8.11. The molecule has 1 N–H and O–H groups in total. The number of amides is 2. The number of pyridine rings is 1. The van der Waals surface area contributed by atoms with Crippen LogP contribution in [0.1, 0.15) is 45.7 Å². The number of aryl methyl sites for hydroxylation is 1. The summed E-state index contributed by atoms with van der Waals surface area (Å²) in [6, 6.07) is 9.73. The largest absolute Gasteiger partial charge is 0.370 e. The molecule has 1 aromatic heterocycles. The Hall–Kier alpha value is -3.88. The van der Waals surface area contributed by atoms with Crippen molar-refractivity contribution < 1.29 is 22.8 Å². The van der Waals surface area contributed by atoms with E-state index >= 15 is 0 Å². The Balaban J connectivity index is 1.89. The van der Waals surface area contributed by atoms with E-state index in [1.165, 1.54) is 4.90 Å². The summed E-state index contributed by atoms with van der Waals surface area (Å²) in [6.45, 7) is 3.85. The van der Waals surface area contributed by atoms with E-state index in [1.807, 2.05) is 37.9 Å². The molecule has 0 aliphatic rings. The summed E-state index contributed by atoms with van der Waals surface area (Å²) in [6.07, 6.45) is 2.45. The van der Waals surface area contributed by atoms with Crippen LogP contribution in [-0.2, 0) is 17.9 Å². The molecule has 1 atom stereocenters. The number of aromatic nitrogens is 1. The second-order valence-corrected chi connectivity index (χ2v) is 8.41. The van der Waals surface area contributed by atoms with Crippen molar-refractivity contribution in [1.82, 2.24) is 15.2 Å². The molecule has 0 spiro atoms. The van der Waals surface area contributed by atoms with Gasteiger partial charge in [-0.1, -0.05) is 6.07 Å². The van der Waals surface area contributed by atoms with E-state index < -0.39 is 35.5 Å². The van der Waals surface area contributed by atoms with Crippen LogP contribution in [0, 0.1) is 24.4 Å². The number of anilines is 1. The van der Waals surface area contributed by atoms with E-state index in [4.69, 9.17) is 0 Å². The zero-order valence-electron chi connectivity index (χ0n) is 20.0. The van der Waals surface area contributed by atoms with Crippen molar-refractivity contribution in [2.75, 3.05) is 19.0 Å². The van der Waals surface area contributed by atoms with Gasteiger partial charge >= 0.3 is 0 Å². The number of nitrogens with one attached hydrogen (secondary N) is 1. The van der Waals surface area contributed by atoms with Crippen LogP contribution in [-0.4, -0.2) is 36.3 Å². The van der Waals surface area contributed by atoms with Gasteiger partial charge in [0.05, 0.1) is 6.04 Å². The third-order valence-corrected chi connectivity index (χ3v) is 5.84. The molecule has 1 heterocycles. The second-order valence-electron chi connectivity index (χ2n) is 8.41. The smallest absolute Gasteiger partial charge is 0.251 e. The van der Waals surface area contributed by atoms with Crippen molar-refractivity contribution in [3.63, 3.8) is 0 Å². The van der Waals surface area contributed by atoms with Gasteiger partial charge in [0.2, 0.25) is 6.41 Å². The number of carbonyl (C=O) groups excluding carboxylic acids is 2. The van der Waals surface area contributed by atoms with Gasteiger partial charge in [-0.3, -0.25) is 14.6 Å². The van der Waals surface area contributed by atoms with Crippen LogP contribution in [0.15, 0.2) is 48.7 Å². The van der Waals surface area contributed by atoms with Crippen molar-refractivity contribution in [3.05, 3.63) is 94.1 Å². The lowest BCUT2D eigenvalue weighted by Crippen LogP contribution is -2.27. The van der Waals surface area contributed by atoms with Gasteiger partial charge in [0.25, 0.3) is 5.91 Å². The summed E-state index contributed by atoms with van der Waals surface area (Å²) in [5.74, 6) is -3.73. The molecule has 9 heteroatoms. The van der Waals surface area contributed by atoms with Crippen LogP contribution in [0.4, 0.5) is 18.9 Å². The molecule has 0 aliphatic heterocycles. The van der Waals surface area contributed by atoms with Gasteiger partial charge in [0, 0.05) is 68.0 Å². The highest BCUT2D eigenvalue weighted by atomic mass is 19.1. The standard InChI is InChI=1S/C26H27F3N4O2/c1-16-9-18(7-8-30-16)14-32(3)25-10-19(5-6-21(25)17(2)33(4)15-34)26(35)31-13-22-23(28)11-20(27)12-24(22)29/h5-12,15,17H,13-14H2,1-4H3,(H,31,35). The Morgan fingerprint density at radius 1 is 1.09 bits per heavy atom. The minimum absolute atomic E-state index is 0.269. The van der Waals surface area contributed by atoms with Crippen molar-refractivity contribution in [2.45, 2.75) is 33.0 Å². The monoisotopic (exact) mass is 484 g/mol. The Bertz CT molecular complexity index is 1210. The van der Waals surface area contributed by atoms with E-state index in [0.717, 1.165) is 23.2 Å². The first-order valence-corrected chi connectivity index (χ1v) is 11.0. The zero-order valence-corrected chi connectivity index (χ0v) is 20.0. The molecule has 0 radical (unpaired) electrons. The van der Waals surface area contributed by atoms with Crippen molar-refractivity contribution in [3.8, 4) is 0 Å². The van der Waals surface area contributed by atoms with Gasteiger partial charge in [-0.25, -0.2) is 13.2 Å². The molecule has 0 saturated carbocycles. The number of hydrogen-bond acceptors (Lipinski definition) is 4. The highest BCUT2D eigenvalue weighted by Gasteiger charge is 2.20. The van der Waals surface area contributed by atoms with Crippen molar-refractivity contribution in [2.24, 2.45) is 0 Å². The lowest BCUT2D eigenvalue weighted by molar-refractivity contribution is -0.118.